The number of aryl methyl sites for hydroxylation is 1. The van der Waals surface area contributed by atoms with Gasteiger partial charge in [-0.2, -0.15) is 0 Å². The lowest BCUT2D eigenvalue weighted by Gasteiger charge is -2.25. The van der Waals surface area contributed by atoms with E-state index in [1.54, 1.807) is 6.20 Å². The lowest BCUT2D eigenvalue weighted by atomic mass is 10.1. The van der Waals surface area contributed by atoms with Crippen molar-refractivity contribution in [3.05, 3.63) is 29.6 Å². The highest BCUT2D eigenvalue weighted by Crippen LogP contribution is 2.32. The minimum atomic E-state index is -0.262. The van der Waals surface area contributed by atoms with E-state index in [4.69, 9.17) is 14.7 Å². The molecule has 0 atom stereocenters. The lowest BCUT2D eigenvalue weighted by Crippen LogP contribution is -2.45. The van der Waals surface area contributed by atoms with Crippen LogP contribution in [0.2, 0.25) is 0 Å². The summed E-state index contributed by atoms with van der Waals surface area (Å²) in [4.78, 5) is 28.5. The van der Waals surface area contributed by atoms with Crippen LogP contribution >= 0.6 is 0 Å². The Morgan fingerprint density at radius 2 is 2.07 bits per heavy atom. The van der Waals surface area contributed by atoms with E-state index in [0.29, 0.717) is 17.4 Å². The number of amides is 1. The summed E-state index contributed by atoms with van der Waals surface area (Å²) in [6, 6.07) is 3.79. The van der Waals surface area contributed by atoms with Crippen LogP contribution < -0.4 is 15.0 Å². The topological polar surface area (TPSA) is 80.2 Å². The van der Waals surface area contributed by atoms with E-state index in [-0.39, 0.29) is 18.0 Å². The minimum Gasteiger partial charge on any atom is -0.493 e. The smallest absolute Gasteiger partial charge is 0.239 e. The maximum atomic E-state index is 12.4. The molecule has 2 aliphatic rings. The molecule has 0 bridgehead atoms. The molecule has 2 aromatic rings. The quantitative estimate of drug-likeness (QED) is 0.757. The summed E-state index contributed by atoms with van der Waals surface area (Å²) in [5.74, 6) is 2.88. The highest BCUT2D eigenvalue weighted by atomic mass is 16.5. The summed E-state index contributed by atoms with van der Waals surface area (Å²) < 4.78 is 5.90. The molecule has 1 fully saturated rings. The van der Waals surface area contributed by atoms with Gasteiger partial charge < -0.3 is 15.0 Å². The number of anilines is 1. The van der Waals surface area contributed by atoms with Gasteiger partial charge in [0, 0.05) is 36.1 Å². The number of carbonyl (C=O) groups excluding carboxylic acids is 1. The molecule has 0 saturated heterocycles. The maximum absolute atomic E-state index is 12.4. The maximum Gasteiger partial charge on any atom is 0.239 e. The van der Waals surface area contributed by atoms with E-state index >= 15 is 0 Å². The van der Waals surface area contributed by atoms with Crippen molar-refractivity contribution in [2.24, 2.45) is 5.92 Å². The number of hydrogen-bond acceptors (Lipinski definition) is 6. The molecule has 1 amide bonds. The number of rotatable bonds is 7. The molecule has 7 heteroatoms. The molecule has 7 nitrogen and oxygen atoms in total. The molecule has 0 spiro atoms. The molecule has 0 unspecified atom stereocenters. The van der Waals surface area contributed by atoms with Crippen molar-refractivity contribution in [2.75, 3.05) is 25.1 Å². The molecule has 2 heterocycles. The third-order valence-corrected chi connectivity index (χ3v) is 5.31. The predicted molar refractivity (Wildman–Crippen MR) is 117 cm³/mol. The Balaban J connectivity index is 1.58. The van der Waals surface area contributed by atoms with Crippen molar-refractivity contribution in [2.45, 2.75) is 58.4 Å². The molecule has 160 valence electrons. The van der Waals surface area contributed by atoms with E-state index in [9.17, 15) is 4.79 Å². The van der Waals surface area contributed by atoms with Gasteiger partial charge in [-0.25, -0.2) is 9.97 Å². The number of ether oxygens (including phenoxy) is 1. The number of nitrogens with one attached hydrogen (secondary N) is 1. The fraction of sp³-hybridized carbons (Fsp3) is 0.565. The number of carbonyl (C=O) groups is 1. The van der Waals surface area contributed by atoms with Gasteiger partial charge >= 0.3 is 0 Å². The summed E-state index contributed by atoms with van der Waals surface area (Å²) in [6.07, 6.45) is 7.18. The Morgan fingerprint density at radius 3 is 2.80 bits per heavy atom. The highest BCUT2D eigenvalue weighted by Gasteiger charge is 2.25. The summed E-state index contributed by atoms with van der Waals surface area (Å²) in [6.45, 7) is 6.95. The van der Waals surface area contributed by atoms with Crippen LogP contribution in [0.5, 0.6) is 5.75 Å². The predicted octanol–water partition coefficient (Wildman–Crippen LogP) is 3.17. The molecule has 2 aromatic heterocycles. The van der Waals surface area contributed by atoms with Crippen molar-refractivity contribution in [3.63, 3.8) is 0 Å². The zero-order valence-corrected chi connectivity index (χ0v) is 18.4. The standard InChI is InChI=1S/C23H31N5O2/c1-23(2,3)27-20(29)13-28(4)22-17-6-5-7-18(17)25-21(26-22)19-12-16(10-11-24-19)30-14-15-8-9-15/h10-12,15H,5-9,13-14H2,1-4H3,(H,27,29). The third-order valence-electron chi connectivity index (χ3n) is 5.31. The second-order valence-electron chi connectivity index (χ2n) is 9.44. The molecular formula is C23H31N5O2. The van der Waals surface area contributed by atoms with Crippen molar-refractivity contribution in [3.8, 4) is 17.3 Å². The Kier molecular flexibility index (Phi) is 5.62. The summed E-state index contributed by atoms with van der Waals surface area (Å²) in [5, 5.41) is 3.02. The summed E-state index contributed by atoms with van der Waals surface area (Å²) in [5.41, 5.74) is 2.64. The Hall–Kier alpha value is -2.70. The van der Waals surface area contributed by atoms with Gasteiger partial charge in [0.2, 0.25) is 5.91 Å². The van der Waals surface area contributed by atoms with Gasteiger partial charge in [0.05, 0.1) is 13.2 Å². The van der Waals surface area contributed by atoms with Crippen molar-refractivity contribution in [1.82, 2.24) is 20.3 Å². The number of likely N-dealkylation sites (N-methyl/N-ethyl adjacent to an activating group) is 1. The zero-order chi connectivity index (χ0) is 21.3. The summed E-state index contributed by atoms with van der Waals surface area (Å²) >= 11 is 0. The van der Waals surface area contributed by atoms with Crippen molar-refractivity contribution >= 4 is 11.7 Å². The summed E-state index contributed by atoms with van der Waals surface area (Å²) in [7, 11) is 1.91. The van der Waals surface area contributed by atoms with Gasteiger partial charge in [-0.15, -0.1) is 0 Å². The number of fused-ring (bicyclic) bond motifs is 1. The number of pyridine rings is 1. The fourth-order valence-electron chi connectivity index (χ4n) is 3.71. The zero-order valence-electron chi connectivity index (χ0n) is 18.4. The molecule has 2 aliphatic carbocycles. The first-order valence-electron chi connectivity index (χ1n) is 10.8. The van der Waals surface area contributed by atoms with E-state index < -0.39 is 0 Å². The molecule has 0 aliphatic heterocycles. The third kappa shape index (κ3) is 5.07. The molecule has 0 aromatic carbocycles. The highest BCUT2D eigenvalue weighted by molar-refractivity contribution is 5.82. The fourth-order valence-corrected chi connectivity index (χ4v) is 3.71. The normalized spacial score (nSPS) is 15.6. The first kappa shape index (κ1) is 20.6. The molecule has 4 rings (SSSR count). The van der Waals surface area contributed by atoms with E-state index in [1.807, 2.05) is 44.9 Å². The van der Waals surface area contributed by atoms with Crippen LogP contribution in [0.15, 0.2) is 18.3 Å². The van der Waals surface area contributed by atoms with Crippen molar-refractivity contribution < 1.29 is 9.53 Å². The first-order chi connectivity index (χ1) is 14.3. The number of hydrogen-bond donors (Lipinski definition) is 1. The number of nitrogens with zero attached hydrogens (tertiary/aromatic N) is 4. The Labute approximate surface area is 178 Å². The average molecular weight is 410 g/mol. The molecule has 0 radical (unpaired) electrons. The van der Waals surface area contributed by atoms with Crippen LogP contribution in [0.25, 0.3) is 11.5 Å². The van der Waals surface area contributed by atoms with Crippen LogP contribution in [0.1, 0.15) is 51.3 Å². The largest absolute Gasteiger partial charge is 0.493 e. The number of aromatic nitrogens is 3. The van der Waals surface area contributed by atoms with Crippen LogP contribution in [-0.2, 0) is 17.6 Å². The van der Waals surface area contributed by atoms with Crippen LogP contribution in [0.3, 0.4) is 0 Å². The average Bonchev–Trinajstić information content (AvgIpc) is 3.39. The van der Waals surface area contributed by atoms with Gasteiger partial charge in [-0.05, 0) is 64.9 Å². The molecular weight excluding hydrogens is 378 g/mol. The van der Waals surface area contributed by atoms with Gasteiger partial charge in [0.25, 0.3) is 0 Å². The monoisotopic (exact) mass is 409 g/mol. The lowest BCUT2D eigenvalue weighted by molar-refractivity contribution is -0.121. The molecule has 30 heavy (non-hydrogen) atoms. The van der Waals surface area contributed by atoms with Gasteiger partial charge in [-0.1, -0.05) is 0 Å². The minimum absolute atomic E-state index is 0.0227. The van der Waals surface area contributed by atoms with E-state index in [2.05, 4.69) is 10.3 Å². The van der Waals surface area contributed by atoms with Crippen molar-refractivity contribution in [1.29, 1.82) is 0 Å². The molecule has 1 saturated carbocycles. The van der Waals surface area contributed by atoms with Gasteiger partial charge in [0.1, 0.15) is 17.3 Å². The molecule has 1 N–H and O–H groups in total. The van der Waals surface area contributed by atoms with Gasteiger partial charge in [-0.3, -0.25) is 9.78 Å². The Morgan fingerprint density at radius 1 is 1.27 bits per heavy atom. The SMILES string of the molecule is CN(CC(=O)NC(C)(C)C)c1nc(-c2cc(OCC3CC3)ccn2)nc2c1CCC2. The van der Waals surface area contributed by atoms with Crippen LogP contribution in [-0.4, -0.2) is 46.6 Å². The van der Waals surface area contributed by atoms with Gasteiger partial charge in [0.15, 0.2) is 5.82 Å². The second kappa shape index (κ2) is 8.20. The Bertz CT molecular complexity index is 934. The van der Waals surface area contributed by atoms with E-state index in [1.165, 1.54) is 12.8 Å². The second-order valence-corrected chi connectivity index (χ2v) is 9.44. The van der Waals surface area contributed by atoms with Crippen LogP contribution in [0, 0.1) is 5.92 Å². The van der Waals surface area contributed by atoms with E-state index in [0.717, 1.165) is 48.7 Å². The first-order valence-corrected chi connectivity index (χ1v) is 10.8. The van der Waals surface area contributed by atoms with Crippen LogP contribution in [0.4, 0.5) is 5.82 Å².